The Labute approximate surface area is 200 Å². The van der Waals surface area contributed by atoms with E-state index < -0.39 is 11.9 Å². The number of hydrogen-bond acceptors (Lipinski definition) is 7. The second-order valence-corrected chi connectivity index (χ2v) is 7.33. The third kappa shape index (κ3) is 7.79. The van der Waals surface area contributed by atoms with Crippen LogP contribution in [0, 0.1) is 11.3 Å². The van der Waals surface area contributed by atoms with E-state index in [-0.39, 0.29) is 5.57 Å². The third-order valence-electron chi connectivity index (χ3n) is 4.23. The van der Waals surface area contributed by atoms with E-state index in [9.17, 15) is 14.9 Å². The zero-order valence-electron chi connectivity index (χ0n) is 18.4. The first-order chi connectivity index (χ1) is 15.9. The van der Waals surface area contributed by atoms with E-state index >= 15 is 0 Å². The molecular weight excluding hydrogens is 492 g/mol. The molecule has 0 atom stereocenters. The number of nitrogens with one attached hydrogen (secondary N) is 1. The van der Waals surface area contributed by atoms with E-state index in [0.717, 1.165) is 0 Å². The maximum atomic E-state index is 12.2. The second-order valence-electron chi connectivity index (χ2n) is 6.48. The molecule has 0 aromatic heterocycles. The molecule has 0 spiro atoms. The van der Waals surface area contributed by atoms with Crippen molar-refractivity contribution in [1.82, 2.24) is 5.32 Å². The highest BCUT2D eigenvalue weighted by Gasteiger charge is 2.10. The number of amides is 1. The minimum atomic E-state index is -0.570. The van der Waals surface area contributed by atoms with E-state index in [1.54, 1.807) is 42.5 Å². The number of carbonyl (C=O) groups is 2. The van der Waals surface area contributed by atoms with Gasteiger partial charge in [0.1, 0.15) is 17.4 Å². The van der Waals surface area contributed by atoms with E-state index in [1.807, 2.05) is 6.07 Å². The minimum Gasteiger partial charge on any atom is -0.493 e. The molecule has 0 aliphatic heterocycles. The SMILES string of the molecule is COCCNC(=O)/C(C#N)=C/c1ccc(OC(=O)/C=C/c2cc(Br)c(OC)c(OC)c2)cc1. The summed E-state index contributed by atoms with van der Waals surface area (Å²) in [6.07, 6.45) is 4.33. The van der Waals surface area contributed by atoms with Gasteiger partial charge in [-0.2, -0.15) is 5.26 Å². The van der Waals surface area contributed by atoms with Crippen molar-refractivity contribution in [2.45, 2.75) is 0 Å². The third-order valence-corrected chi connectivity index (χ3v) is 4.82. The summed E-state index contributed by atoms with van der Waals surface area (Å²) in [6.45, 7) is 0.652. The molecule has 2 aromatic rings. The van der Waals surface area contributed by atoms with Crippen LogP contribution in [0.5, 0.6) is 17.2 Å². The summed E-state index contributed by atoms with van der Waals surface area (Å²) in [7, 11) is 4.58. The number of rotatable bonds is 10. The Balaban J connectivity index is 2.03. The van der Waals surface area contributed by atoms with Crippen LogP contribution in [0.2, 0.25) is 0 Å². The number of halogens is 1. The van der Waals surface area contributed by atoms with Gasteiger partial charge in [-0.15, -0.1) is 0 Å². The van der Waals surface area contributed by atoms with Crippen LogP contribution in [0.3, 0.4) is 0 Å². The van der Waals surface area contributed by atoms with Gasteiger partial charge in [0.25, 0.3) is 5.91 Å². The Morgan fingerprint density at radius 3 is 2.42 bits per heavy atom. The summed E-state index contributed by atoms with van der Waals surface area (Å²) >= 11 is 3.40. The van der Waals surface area contributed by atoms with Crippen LogP contribution < -0.4 is 19.5 Å². The molecule has 0 bridgehead atoms. The lowest BCUT2D eigenvalue weighted by Crippen LogP contribution is -2.27. The highest BCUT2D eigenvalue weighted by molar-refractivity contribution is 9.10. The predicted octanol–water partition coefficient (Wildman–Crippen LogP) is 3.75. The maximum absolute atomic E-state index is 12.2. The summed E-state index contributed by atoms with van der Waals surface area (Å²) in [5, 5.41) is 11.8. The van der Waals surface area contributed by atoms with Crippen LogP contribution in [0.15, 0.2) is 52.5 Å². The number of nitriles is 1. The number of ether oxygens (including phenoxy) is 4. The zero-order chi connectivity index (χ0) is 24.2. The number of hydrogen-bond donors (Lipinski definition) is 1. The number of methoxy groups -OCH3 is 3. The average molecular weight is 515 g/mol. The summed E-state index contributed by atoms with van der Waals surface area (Å²) in [4.78, 5) is 24.2. The number of carbonyl (C=O) groups excluding carboxylic acids is 2. The highest BCUT2D eigenvalue weighted by atomic mass is 79.9. The van der Waals surface area contributed by atoms with Crippen molar-refractivity contribution < 1.29 is 28.5 Å². The Morgan fingerprint density at radius 1 is 1.09 bits per heavy atom. The molecule has 33 heavy (non-hydrogen) atoms. The Hall–Kier alpha value is -3.61. The van der Waals surface area contributed by atoms with Gasteiger partial charge in [0.2, 0.25) is 0 Å². The Morgan fingerprint density at radius 2 is 1.82 bits per heavy atom. The molecule has 2 rings (SSSR count). The van der Waals surface area contributed by atoms with Crippen LogP contribution in [-0.4, -0.2) is 46.4 Å². The fraction of sp³-hybridized carbons (Fsp3) is 0.208. The van der Waals surface area contributed by atoms with Gasteiger partial charge >= 0.3 is 5.97 Å². The van der Waals surface area contributed by atoms with Crippen molar-refractivity contribution >= 4 is 40.0 Å². The first kappa shape index (κ1) is 25.6. The summed E-state index contributed by atoms with van der Waals surface area (Å²) in [5.41, 5.74) is 1.28. The highest BCUT2D eigenvalue weighted by Crippen LogP contribution is 2.36. The van der Waals surface area contributed by atoms with Crippen molar-refractivity contribution in [3.8, 4) is 23.3 Å². The van der Waals surface area contributed by atoms with E-state index in [0.29, 0.717) is 46.0 Å². The molecule has 0 unspecified atom stereocenters. The van der Waals surface area contributed by atoms with Crippen molar-refractivity contribution in [1.29, 1.82) is 5.26 Å². The lowest BCUT2D eigenvalue weighted by Gasteiger charge is -2.10. The molecule has 0 saturated carbocycles. The van der Waals surface area contributed by atoms with Crippen LogP contribution in [0.4, 0.5) is 0 Å². The largest absolute Gasteiger partial charge is 0.493 e. The van der Waals surface area contributed by atoms with Gasteiger partial charge in [0, 0.05) is 19.7 Å². The standard InChI is InChI=1S/C24H23BrN2O6/c1-30-11-10-27-24(29)18(15-26)12-16-4-7-19(8-5-16)33-22(28)9-6-17-13-20(25)23(32-3)21(14-17)31-2/h4-9,12-14H,10-11H2,1-3H3,(H,27,29)/b9-6+,18-12+. The fourth-order valence-corrected chi connectivity index (χ4v) is 3.28. The van der Waals surface area contributed by atoms with Gasteiger partial charge in [-0.3, -0.25) is 4.79 Å². The number of esters is 1. The Kier molecular flexibility index (Phi) is 10.1. The normalized spacial score (nSPS) is 11.1. The van der Waals surface area contributed by atoms with Crippen LogP contribution in [-0.2, 0) is 14.3 Å². The number of nitrogens with zero attached hydrogens (tertiary/aromatic N) is 1. The molecule has 0 aliphatic rings. The van der Waals surface area contributed by atoms with Gasteiger partial charge < -0.3 is 24.3 Å². The molecule has 9 heteroatoms. The lowest BCUT2D eigenvalue weighted by atomic mass is 10.1. The molecule has 1 amide bonds. The molecule has 0 heterocycles. The molecule has 2 aromatic carbocycles. The quantitative estimate of drug-likeness (QED) is 0.169. The zero-order valence-corrected chi connectivity index (χ0v) is 20.0. The average Bonchev–Trinajstić information content (AvgIpc) is 2.81. The molecule has 0 fully saturated rings. The lowest BCUT2D eigenvalue weighted by molar-refractivity contribution is -0.128. The molecule has 8 nitrogen and oxygen atoms in total. The van der Waals surface area contributed by atoms with Crippen molar-refractivity contribution in [3.63, 3.8) is 0 Å². The van der Waals surface area contributed by atoms with Crippen LogP contribution in [0.25, 0.3) is 12.2 Å². The molecular formula is C24H23BrN2O6. The maximum Gasteiger partial charge on any atom is 0.336 e. The first-order valence-corrected chi connectivity index (χ1v) is 10.5. The molecule has 1 N–H and O–H groups in total. The van der Waals surface area contributed by atoms with E-state index in [1.165, 1.54) is 33.5 Å². The second kappa shape index (κ2) is 13.1. The molecule has 0 aliphatic carbocycles. The van der Waals surface area contributed by atoms with Crippen molar-refractivity contribution in [3.05, 3.63) is 63.6 Å². The van der Waals surface area contributed by atoms with Crippen molar-refractivity contribution in [2.24, 2.45) is 0 Å². The van der Waals surface area contributed by atoms with Crippen LogP contribution in [0.1, 0.15) is 11.1 Å². The van der Waals surface area contributed by atoms with Gasteiger partial charge in [-0.25, -0.2) is 4.79 Å². The van der Waals surface area contributed by atoms with Gasteiger partial charge in [0.15, 0.2) is 11.5 Å². The van der Waals surface area contributed by atoms with Gasteiger partial charge in [-0.05, 0) is 63.5 Å². The smallest absolute Gasteiger partial charge is 0.336 e. The predicted molar refractivity (Wildman–Crippen MR) is 127 cm³/mol. The van der Waals surface area contributed by atoms with Gasteiger partial charge in [0.05, 0.1) is 25.3 Å². The van der Waals surface area contributed by atoms with E-state index in [4.69, 9.17) is 18.9 Å². The first-order valence-electron chi connectivity index (χ1n) is 9.72. The monoisotopic (exact) mass is 514 g/mol. The molecule has 0 saturated heterocycles. The summed E-state index contributed by atoms with van der Waals surface area (Å²) < 4.78 is 21.4. The topological polar surface area (TPSA) is 107 Å². The minimum absolute atomic E-state index is 0.0418. The summed E-state index contributed by atoms with van der Waals surface area (Å²) in [5.74, 6) is 0.334. The van der Waals surface area contributed by atoms with Gasteiger partial charge in [-0.1, -0.05) is 12.1 Å². The van der Waals surface area contributed by atoms with E-state index in [2.05, 4.69) is 21.2 Å². The Bertz CT molecular complexity index is 1090. The molecule has 172 valence electrons. The number of benzene rings is 2. The van der Waals surface area contributed by atoms with Crippen molar-refractivity contribution in [2.75, 3.05) is 34.5 Å². The summed E-state index contributed by atoms with van der Waals surface area (Å²) in [6, 6.07) is 11.8. The van der Waals surface area contributed by atoms with Crippen LogP contribution >= 0.6 is 15.9 Å². The molecule has 0 radical (unpaired) electrons. The fourth-order valence-electron chi connectivity index (χ4n) is 2.66.